The molecule has 1 aliphatic heterocycles. The number of hydrogen-bond donors (Lipinski definition) is 0. The zero-order valence-electron chi connectivity index (χ0n) is 15.5. The van der Waals surface area contributed by atoms with Gasteiger partial charge in [-0.25, -0.2) is 12.7 Å². The molecule has 2 aliphatic rings. The summed E-state index contributed by atoms with van der Waals surface area (Å²) in [6.07, 6.45) is 8.73. The standard InChI is InChI=1S/C20H21NO4SSi/c1-6-27(4,5)20-12-11-16(22)13-18(20)15(3)19(23)21(20)26(24,25)17-9-7-14(2)8-10-17/h1,7-12,18H,3,13H2,2,4-5H3/t18-,20-/m1/s1. The number of fused-ring (bicyclic) bond motifs is 1. The van der Waals surface area contributed by atoms with Crippen LogP contribution in [0.4, 0.5) is 0 Å². The SMILES string of the molecule is C#C[Si](C)(C)[C@]12C=CC(=O)C[C@@H]1C(=C)C(=O)N2S(=O)(=O)c1ccc(C)cc1. The predicted octanol–water partition coefficient (Wildman–Crippen LogP) is 2.39. The molecule has 1 fully saturated rings. The second kappa shape index (κ2) is 6.04. The minimum absolute atomic E-state index is 0.0152. The van der Waals surface area contributed by atoms with Gasteiger partial charge in [0.25, 0.3) is 15.9 Å². The van der Waals surface area contributed by atoms with Gasteiger partial charge in [0.1, 0.15) is 0 Å². The van der Waals surface area contributed by atoms with Crippen molar-refractivity contribution in [2.24, 2.45) is 5.92 Å². The largest absolute Gasteiger partial charge is 0.295 e. The molecular weight excluding hydrogens is 378 g/mol. The zero-order valence-corrected chi connectivity index (χ0v) is 17.3. The maximum Gasteiger partial charge on any atom is 0.267 e. The summed E-state index contributed by atoms with van der Waals surface area (Å²) in [5, 5.41) is -1.24. The van der Waals surface area contributed by atoms with E-state index in [1.165, 1.54) is 24.3 Å². The van der Waals surface area contributed by atoms with Crippen LogP contribution in [0.3, 0.4) is 0 Å². The molecule has 140 valence electrons. The molecule has 0 bridgehead atoms. The molecule has 0 aromatic heterocycles. The number of rotatable bonds is 3. The summed E-state index contributed by atoms with van der Waals surface area (Å²) in [6, 6.07) is 6.31. The maximum absolute atomic E-state index is 13.5. The first kappa shape index (κ1) is 19.3. The summed E-state index contributed by atoms with van der Waals surface area (Å²) in [5.74, 6) is -1.49. The van der Waals surface area contributed by atoms with Gasteiger partial charge >= 0.3 is 0 Å². The molecule has 1 amide bonds. The van der Waals surface area contributed by atoms with E-state index in [1.54, 1.807) is 12.1 Å². The van der Waals surface area contributed by atoms with Crippen LogP contribution in [0, 0.1) is 24.8 Å². The van der Waals surface area contributed by atoms with E-state index in [0.29, 0.717) is 0 Å². The molecule has 27 heavy (non-hydrogen) atoms. The number of aryl methyl sites for hydroxylation is 1. The van der Waals surface area contributed by atoms with Crippen molar-refractivity contribution in [1.29, 1.82) is 0 Å². The number of sulfonamides is 1. The second-order valence-electron chi connectivity index (χ2n) is 7.56. The van der Waals surface area contributed by atoms with Crippen molar-refractivity contribution in [1.82, 2.24) is 4.31 Å². The van der Waals surface area contributed by atoms with Crippen LogP contribution in [-0.2, 0) is 19.6 Å². The average Bonchev–Trinajstić information content (AvgIpc) is 2.85. The van der Waals surface area contributed by atoms with Crippen LogP contribution >= 0.6 is 0 Å². The van der Waals surface area contributed by atoms with Gasteiger partial charge in [0.05, 0.1) is 10.1 Å². The first-order valence-electron chi connectivity index (χ1n) is 8.54. The molecule has 2 atom stereocenters. The Morgan fingerprint density at radius 1 is 1.26 bits per heavy atom. The first-order chi connectivity index (χ1) is 12.5. The molecule has 0 unspecified atom stereocenters. The summed E-state index contributed by atoms with van der Waals surface area (Å²) in [6.45, 7) is 9.35. The highest BCUT2D eigenvalue weighted by atomic mass is 32.2. The second-order valence-corrected chi connectivity index (χ2v) is 13.7. The summed E-state index contributed by atoms with van der Waals surface area (Å²) in [7, 11) is -6.98. The van der Waals surface area contributed by atoms with Crippen molar-refractivity contribution in [3.05, 3.63) is 54.1 Å². The topological polar surface area (TPSA) is 71.5 Å². The van der Waals surface area contributed by atoms with E-state index in [2.05, 4.69) is 12.1 Å². The first-order valence-corrected chi connectivity index (χ1v) is 13.0. The Morgan fingerprint density at radius 2 is 1.85 bits per heavy atom. The maximum atomic E-state index is 13.5. The number of benzene rings is 1. The highest BCUT2D eigenvalue weighted by Gasteiger charge is 2.66. The summed E-state index contributed by atoms with van der Waals surface area (Å²) in [4.78, 5) is 25.1. The van der Waals surface area contributed by atoms with Crippen molar-refractivity contribution < 1.29 is 18.0 Å². The Morgan fingerprint density at radius 3 is 2.41 bits per heavy atom. The van der Waals surface area contributed by atoms with Crippen LogP contribution in [0.2, 0.25) is 13.1 Å². The molecule has 0 spiro atoms. The van der Waals surface area contributed by atoms with Gasteiger partial charge in [0, 0.05) is 17.9 Å². The highest BCUT2D eigenvalue weighted by Crippen LogP contribution is 2.51. The Bertz CT molecular complexity index is 1030. The lowest BCUT2D eigenvalue weighted by Crippen LogP contribution is -2.66. The summed E-state index contributed by atoms with van der Waals surface area (Å²) < 4.78 is 27.9. The number of carbonyl (C=O) groups excluding carboxylic acids is 2. The van der Waals surface area contributed by atoms with Crippen LogP contribution in [0.1, 0.15) is 12.0 Å². The minimum atomic E-state index is -4.18. The molecule has 0 N–H and O–H groups in total. The van der Waals surface area contributed by atoms with Gasteiger partial charge in [-0.3, -0.25) is 9.59 Å². The van der Waals surface area contributed by atoms with Crippen LogP contribution < -0.4 is 0 Å². The fourth-order valence-corrected chi connectivity index (χ4v) is 9.09. The van der Waals surface area contributed by atoms with Crippen LogP contribution in [0.15, 0.2) is 53.5 Å². The Kier molecular flexibility index (Phi) is 4.33. The number of terminal acetylenes is 1. The van der Waals surface area contributed by atoms with Gasteiger partial charge in [0.15, 0.2) is 13.9 Å². The lowest BCUT2D eigenvalue weighted by Gasteiger charge is -2.47. The van der Waals surface area contributed by atoms with Crippen LogP contribution in [0.5, 0.6) is 0 Å². The Hall–Kier alpha value is -2.43. The number of carbonyl (C=O) groups is 2. The Balaban J connectivity index is 2.33. The van der Waals surface area contributed by atoms with E-state index >= 15 is 0 Å². The van der Waals surface area contributed by atoms with Gasteiger partial charge < -0.3 is 0 Å². The van der Waals surface area contributed by atoms with Gasteiger partial charge in [-0.1, -0.05) is 43.4 Å². The van der Waals surface area contributed by atoms with Gasteiger partial charge in [-0.2, -0.15) is 0 Å². The van der Waals surface area contributed by atoms with Crippen molar-refractivity contribution >= 4 is 29.8 Å². The Labute approximate surface area is 160 Å². The lowest BCUT2D eigenvalue weighted by atomic mass is 9.86. The molecule has 0 saturated carbocycles. The highest BCUT2D eigenvalue weighted by molar-refractivity contribution is 7.89. The molecule has 1 saturated heterocycles. The number of ketones is 1. The number of allylic oxidation sites excluding steroid dienone is 1. The molecule has 7 heteroatoms. The quantitative estimate of drug-likeness (QED) is 0.444. The number of amides is 1. The zero-order chi connectivity index (χ0) is 20.2. The predicted molar refractivity (Wildman–Crippen MR) is 106 cm³/mol. The molecule has 0 radical (unpaired) electrons. The molecule has 1 aliphatic carbocycles. The van der Waals surface area contributed by atoms with Crippen LogP contribution in [-0.4, -0.2) is 37.6 Å². The van der Waals surface area contributed by atoms with Gasteiger partial charge in [-0.05, 0) is 25.1 Å². The van der Waals surface area contributed by atoms with Gasteiger partial charge in [0.2, 0.25) is 0 Å². The smallest absolute Gasteiger partial charge is 0.267 e. The van der Waals surface area contributed by atoms with Crippen molar-refractivity contribution in [3.8, 4) is 12.0 Å². The molecule has 5 nitrogen and oxygen atoms in total. The molecule has 1 aromatic rings. The van der Waals surface area contributed by atoms with Gasteiger partial charge in [-0.15, -0.1) is 12.0 Å². The third-order valence-electron chi connectivity index (χ3n) is 5.60. The molecule has 1 heterocycles. The van der Waals surface area contributed by atoms with Crippen LogP contribution in [0.25, 0.3) is 0 Å². The molecule has 1 aromatic carbocycles. The number of hydrogen-bond acceptors (Lipinski definition) is 4. The molecular formula is C20H21NO4SSi. The minimum Gasteiger partial charge on any atom is -0.295 e. The summed E-state index contributed by atoms with van der Waals surface area (Å²) in [5.41, 5.74) is 3.80. The van der Waals surface area contributed by atoms with E-state index < -0.39 is 35.1 Å². The fraction of sp³-hybridized carbons (Fsp3) is 0.300. The van der Waals surface area contributed by atoms with E-state index in [-0.39, 0.29) is 22.7 Å². The molecule has 3 rings (SSSR count). The summed E-state index contributed by atoms with van der Waals surface area (Å²) >= 11 is 0. The normalized spacial score (nSPS) is 25.5. The van der Waals surface area contributed by atoms with E-state index in [1.807, 2.05) is 20.0 Å². The number of nitrogens with zero attached hydrogens (tertiary/aromatic N) is 1. The average molecular weight is 400 g/mol. The van der Waals surface area contributed by atoms with Crippen molar-refractivity contribution in [2.75, 3.05) is 0 Å². The fourth-order valence-electron chi connectivity index (χ4n) is 3.94. The third-order valence-corrected chi connectivity index (χ3v) is 11.0. The van der Waals surface area contributed by atoms with E-state index in [9.17, 15) is 18.0 Å². The van der Waals surface area contributed by atoms with E-state index in [0.717, 1.165) is 9.87 Å². The third kappa shape index (κ3) is 2.55. The van der Waals surface area contributed by atoms with E-state index in [4.69, 9.17) is 6.42 Å². The lowest BCUT2D eigenvalue weighted by molar-refractivity contribution is -0.122. The van der Waals surface area contributed by atoms with Crippen molar-refractivity contribution in [2.45, 2.75) is 36.5 Å². The monoisotopic (exact) mass is 399 g/mol. The van der Waals surface area contributed by atoms with Crippen molar-refractivity contribution in [3.63, 3.8) is 0 Å².